The van der Waals surface area contributed by atoms with E-state index in [-0.39, 0.29) is 5.82 Å². The second-order valence-electron chi connectivity index (χ2n) is 5.13. The Morgan fingerprint density at radius 3 is 2.76 bits per heavy atom. The first-order valence-corrected chi connectivity index (χ1v) is 8.03. The van der Waals surface area contributed by atoms with Crippen molar-refractivity contribution in [2.75, 3.05) is 6.54 Å². The van der Waals surface area contributed by atoms with Gasteiger partial charge in [0.25, 0.3) is 0 Å². The average molecular weight is 304 g/mol. The van der Waals surface area contributed by atoms with Crippen LogP contribution in [0.5, 0.6) is 0 Å². The Morgan fingerprint density at radius 2 is 2.05 bits per heavy atom. The molecule has 0 amide bonds. The Kier molecular flexibility index (Phi) is 5.76. The minimum Gasteiger partial charge on any atom is -0.313 e. The number of aryl methyl sites for hydroxylation is 2. The van der Waals surface area contributed by atoms with Crippen LogP contribution in [0.1, 0.15) is 30.2 Å². The van der Waals surface area contributed by atoms with Crippen molar-refractivity contribution in [2.45, 2.75) is 43.7 Å². The molecule has 1 N–H and O–H groups in total. The summed E-state index contributed by atoms with van der Waals surface area (Å²) in [7, 11) is 0. The average Bonchev–Trinajstić information content (AvgIpc) is 2.41. The molecular formula is C17H21FN2S. The highest BCUT2D eigenvalue weighted by atomic mass is 32.2. The minimum absolute atomic E-state index is 0.184. The predicted molar refractivity (Wildman–Crippen MR) is 86.2 cm³/mol. The summed E-state index contributed by atoms with van der Waals surface area (Å²) in [5.41, 5.74) is 3.08. The van der Waals surface area contributed by atoms with Gasteiger partial charge in [-0.3, -0.25) is 0 Å². The Morgan fingerprint density at radius 1 is 1.24 bits per heavy atom. The SMILES string of the molecule is CCCNCc1cccc(F)c1Sc1cc(C)cc(C)n1. The minimum atomic E-state index is -0.184. The summed E-state index contributed by atoms with van der Waals surface area (Å²) >= 11 is 1.40. The number of nitrogens with one attached hydrogen (secondary N) is 1. The van der Waals surface area contributed by atoms with Gasteiger partial charge in [-0.2, -0.15) is 0 Å². The third-order valence-electron chi connectivity index (χ3n) is 3.07. The van der Waals surface area contributed by atoms with Crippen molar-refractivity contribution >= 4 is 11.8 Å². The Balaban J connectivity index is 2.25. The lowest BCUT2D eigenvalue weighted by molar-refractivity contribution is 0.588. The Labute approximate surface area is 130 Å². The van der Waals surface area contributed by atoms with E-state index in [1.54, 1.807) is 6.07 Å². The fourth-order valence-corrected chi connectivity index (χ4v) is 3.25. The highest BCUT2D eigenvalue weighted by Gasteiger charge is 2.11. The van der Waals surface area contributed by atoms with Gasteiger partial charge in [0.2, 0.25) is 0 Å². The zero-order chi connectivity index (χ0) is 15.2. The molecule has 2 nitrogen and oxygen atoms in total. The molecule has 1 aromatic heterocycles. The molecule has 1 aromatic carbocycles. The van der Waals surface area contributed by atoms with Crippen LogP contribution in [0.4, 0.5) is 4.39 Å². The molecule has 0 bridgehead atoms. The smallest absolute Gasteiger partial charge is 0.137 e. The number of hydrogen-bond acceptors (Lipinski definition) is 3. The van der Waals surface area contributed by atoms with Crippen LogP contribution in [0.25, 0.3) is 0 Å². The number of benzene rings is 1. The second-order valence-corrected chi connectivity index (χ2v) is 6.16. The first kappa shape index (κ1) is 16.0. The van der Waals surface area contributed by atoms with E-state index < -0.39 is 0 Å². The van der Waals surface area contributed by atoms with E-state index in [9.17, 15) is 4.39 Å². The third-order valence-corrected chi connectivity index (χ3v) is 4.15. The molecule has 0 aliphatic heterocycles. The van der Waals surface area contributed by atoms with E-state index in [1.165, 1.54) is 17.8 Å². The monoisotopic (exact) mass is 304 g/mol. The van der Waals surface area contributed by atoms with Gasteiger partial charge in [-0.1, -0.05) is 30.8 Å². The molecule has 0 aliphatic carbocycles. The predicted octanol–water partition coefficient (Wildman–Crippen LogP) is 4.49. The third kappa shape index (κ3) is 4.55. The van der Waals surface area contributed by atoms with E-state index in [2.05, 4.69) is 17.2 Å². The molecule has 4 heteroatoms. The van der Waals surface area contributed by atoms with E-state index in [4.69, 9.17) is 0 Å². The summed E-state index contributed by atoms with van der Waals surface area (Å²) in [5, 5.41) is 4.17. The summed E-state index contributed by atoms with van der Waals surface area (Å²) in [5.74, 6) is -0.184. The van der Waals surface area contributed by atoms with Crippen molar-refractivity contribution in [3.8, 4) is 0 Å². The largest absolute Gasteiger partial charge is 0.313 e. The van der Waals surface area contributed by atoms with Gasteiger partial charge < -0.3 is 5.32 Å². The normalized spacial score (nSPS) is 10.9. The van der Waals surface area contributed by atoms with Gasteiger partial charge in [-0.05, 0) is 56.1 Å². The van der Waals surface area contributed by atoms with E-state index >= 15 is 0 Å². The molecule has 0 saturated carbocycles. The van der Waals surface area contributed by atoms with Crippen molar-refractivity contribution in [3.05, 3.63) is 53.0 Å². The van der Waals surface area contributed by atoms with Gasteiger partial charge in [0.15, 0.2) is 0 Å². The zero-order valence-corrected chi connectivity index (χ0v) is 13.6. The Bertz CT molecular complexity index is 593. The van der Waals surface area contributed by atoms with E-state index in [0.29, 0.717) is 11.4 Å². The highest BCUT2D eigenvalue weighted by Crippen LogP contribution is 2.32. The highest BCUT2D eigenvalue weighted by molar-refractivity contribution is 7.99. The van der Waals surface area contributed by atoms with Crippen LogP contribution in [0, 0.1) is 19.7 Å². The fourth-order valence-electron chi connectivity index (χ4n) is 2.17. The number of rotatable bonds is 6. The summed E-state index contributed by atoms with van der Waals surface area (Å²) in [4.78, 5) is 5.15. The molecule has 21 heavy (non-hydrogen) atoms. The Hall–Kier alpha value is -1.39. The maximum absolute atomic E-state index is 14.2. The molecule has 1 heterocycles. The molecule has 2 aromatic rings. The van der Waals surface area contributed by atoms with Crippen LogP contribution in [-0.4, -0.2) is 11.5 Å². The van der Waals surface area contributed by atoms with Crippen molar-refractivity contribution in [3.63, 3.8) is 0 Å². The number of aromatic nitrogens is 1. The van der Waals surface area contributed by atoms with Gasteiger partial charge >= 0.3 is 0 Å². The van der Waals surface area contributed by atoms with E-state index in [1.807, 2.05) is 32.0 Å². The van der Waals surface area contributed by atoms with Crippen LogP contribution >= 0.6 is 11.8 Å². The van der Waals surface area contributed by atoms with Crippen LogP contribution < -0.4 is 5.32 Å². The van der Waals surface area contributed by atoms with Crippen molar-refractivity contribution in [1.29, 1.82) is 0 Å². The lowest BCUT2D eigenvalue weighted by Gasteiger charge is -2.11. The summed E-state index contributed by atoms with van der Waals surface area (Å²) in [6, 6.07) is 9.25. The zero-order valence-electron chi connectivity index (χ0n) is 12.7. The summed E-state index contributed by atoms with van der Waals surface area (Å²) in [6.07, 6.45) is 1.07. The molecule has 0 radical (unpaired) electrons. The summed E-state index contributed by atoms with van der Waals surface area (Å²) < 4.78 is 14.2. The van der Waals surface area contributed by atoms with Gasteiger partial charge in [0.05, 0.1) is 4.90 Å². The van der Waals surface area contributed by atoms with Crippen molar-refractivity contribution in [2.24, 2.45) is 0 Å². The van der Waals surface area contributed by atoms with Gasteiger partial charge in [-0.15, -0.1) is 0 Å². The van der Waals surface area contributed by atoms with Crippen molar-refractivity contribution in [1.82, 2.24) is 10.3 Å². The van der Waals surface area contributed by atoms with Crippen molar-refractivity contribution < 1.29 is 4.39 Å². The molecule has 0 atom stereocenters. The topological polar surface area (TPSA) is 24.9 Å². The quantitative estimate of drug-likeness (QED) is 0.796. The molecule has 0 fully saturated rings. The first-order valence-electron chi connectivity index (χ1n) is 7.21. The number of pyridine rings is 1. The maximum atomic E-state index is 14.2. The second kappa shape index (κ2) is 7.57. The fraction of sp³-hybridized carbons (Fsp3) is 0.353. The lowest BCUT2D eigenvalue weighted by atomic mass is 10.2. The van der Waals surface area contributed by atoms with Crippen LogP contribution in [0.3, 0.4) is 0 Å². The van der Waals surface area contributed by atoms with Gasteiger partial charge in [0, 0.05) is 12.2 Å². The summed E-state index contributed by atoms with van der Waals surface area (Å²) in [6.45, 7) is 7.72. The molecule has 112 valence electrons. The first-order chi connectivity index (χ1) is 10.1. The number of hydrogen-bond donors (Lipinski definition) is 1. The van der Waals surface area contributed by atoms with Crippen LogP contribution in [-0.2, 0) is 6.54 Å². The number of nitrogens with zero attached hydrogens (tertiary/aromatic N) is 1. The molecule has 0 unspecified atom stereocenters. The van der Waals surface area contributed by atoms with Crippen LogP contribution in [0.15, 0.2) is 40.3 Å². The molecule has 2 rings (SSSR count). The molecule has 0 spiro atoms. The molecule has 0 saturated heterocycles. The van der Waals surface area contributed by atoms with Crippen LogP contribution in [0.2, 0.25) is 0 Å². The maximum Gasteiger partial charge on any atom is 0.137 e. The van der Waals surface area contributed by atoms with Gasteiger partial charge in [-0.25, -0.2) is 9.37 Å². The molecule has 0 aliphatic rings. The lowest BCUT2D eigenvalue weighted by Crippen LogP contribution is -2.14. The standard InChI is InChI=1S/C17H21FN2S/c1-4-8-19-11-14-6-5-7-15(18)17(14)21-16-10-12(2)9-13(3)20-16/h5-7,9-10,19H,4,8,11H2,1-3H3. The van der Waals surface area contributed by atoms with Gasteiger partial charge in [0.1, 0.15) is 10.8 Å². The van der Waals surface area contributed by atoms with E-state index in [0.717, 1.165) is 34.8 Å². The molecular weight excluding hydrogens is 283 g/mol. The number of halogens is 1.